The standard InChI is InChI=1S/C28H32Si/c1-19-17-25(23-13-9-7-10-14-23)21(3)27(19)29(5,6)28-20(2)18-26(22(28)4)24-15-11-8-12-16-24/h7-18,27-28H,1-6H3. The molecule has 1 heteroatoms. The van der Waals surface area contributed by atoms with Gasteiger partial charge in [-0.05, 0) is 61.1 Å². The molecule has 0 N–H and O–H groups in total. The Morgan fingerprint density at radius 2 is 0.897 bits per heavy atom. The molecule has 2 aliphatic carbocycles. The van der Waals surface area contributed by atoms with Crippen molar-refractivity contribution in [2.75, 3.05) is 0 Å². The Balaban J connectivity index is 1.76. The first kappa shape index (κ1) is 19.9. The molecule has 2 aromatic carbocycles. The first-order chi connectivity index (χ1) is 13.8. The zero-order valence-electron chi connectivity index (χ0n) is 18.6. The van der Waals surface area contributed by atoms with E-state index in [1.54, 1.807) is 22.3 Å². The Morgan fingerprint density at radius 1 is 0.552 bits per heavy atom. The summed E-state index contributed by atoms with van der Waals surface area (Å²) in [6.07, 6.45) is 4.91. The average molecular weight is 397 g/mol. The molecule has 2 aromatic rings. The second-order valence-electron chi connectivity index (χ2n) is 9.39. The van der Waals surface area contributed by atoms with Crippen LogP contribution in [0.3, 0.4) is 0 Å². The molecule has 0 bridgehead atoms. The Kier molecular flexibility index (Phi) is 5.12. The van der Waals surface area contributed by atoms with Crippen LogP contribution in [0.2, 0.25) is 24.2 Å². The fourth-order valence-electron chi connectivity index (χ4n) is 6.16. The highest BCUT2D eigenvalue weighted by Crippen LogP contribution is 2.56. The normalized spacial score (nSPS) is 22.3. The van der Waals surface area contributed by atoms with Gasteiger partial charge in [0.15, 0.2) is 0 Å². The van der Waals surface area contributed by atoms with Gasteiger partial charge in [-0.2, -0.15) is 0 Å². The third-order valence-corrected chi connectivity index (χ3v) is 11.8. The summed E-state index contributed by atoms with van der Waals surface area (Å²) >= 11 is 0. The molecule has 148 valence electrons. The third-order valence-electron chi connectivity index (χ3n) is 7.03. The lowest BCUT2D eigenvalue weighted by Crippen LogP contribution is -2.39. The molecule has 0 saturated heterocycles. The molecule has 2 aliphatic rings. The average Bonchev–Trinajstić information content (AvgIpc) is 3.18. The summed E-state index contributed by atoms with van der Waals surface area (Å²) in [5, 5.41) is 0. The quantitative estimate of drug-likeness (QED) is 0.456. The SMILES string of the molecule is CC1=CC(c2ccccc2)=C(C)C1[Si](C)(C)C1C(C)=CC(c2ccccc2)=C1C. The van der Waals surface area contributed by atoms with Gasteiger partial charge in [0, 0.05) is 0 Å². The Bertz CT molecular complexity index is 961. The molecule has 0 fully saturated rings. The predicted octanol–water partition coefficient (Wildman–Crippen LogP) is 8.30. The van der Waals surface area contributed by atoms with Crippen LogP contribution in [-0.4, -0.2) is 8.07 Å². The highest BCUT2D eigenvalue weighted by Gasteiger charge is 2.46. The third kappa shape index (κ3) is 3.32. The fourth-order valence-corrected chi connectivity index (χ4v) is 11.5. The summed E-state index contributed by atoms with van der Waals surface area (Å²) in [6, 6.07) is 21.8. The van der Waals surface area contributed by atoms with Gasteiger partial charge in [-0.25, -0.2) is 0 Å². The minimum atomic E-state index is -1.69. The van der Waals surface area contributed by atoms with Gasteiger partial charge in [0.05, 0.1) is 8.07 Å². The molecule has 0 saturated carbocycles. The van der Waals surface area contributed by atoms with Crippen molar-refractivity contribution in [2.24, 2.45) is 0 Å². The monoisotopic (exact) mass is 396 g/mol. The lowest BCUT2D eigenvalue weighted by Gasteiger charge is -2.39. The second-order valence-corrected chi connectivity index (χ2v) is 14.2. The molecular formula is C28H32Si. The van der Waals surface area contributed by atoms with E-state index in [1.807, 2.05) is 0 Å². The van der Waals surface area contributed by atoms with Crippen molar-refractivity contribution >= 4 is 19.2 Å². The van der Waals surface area contributed by atoms with Gasteiger partial charge in [0.1, 0.15) is 0 Å². The molecule has 29 heavy (non-hydrogen) atoms. The van der Waals surface area contributed by atoms with Crippen LogP contribution in [0.5, 0.6) is 0 Å². The first-order valence-corrected chi connectivity index (χ1v) is 13.9. The van der Waals surface area contributed by atoms with Gasteiger partial charge in [-0.15, -0.1) is 0 Å². The first-order valence-electron chi connectivity index (χ1n) is 10.7. The molecule has 0 amide bonds. The molecule has 0 nitrogen and oxygen atoms in total. The molecule has 4 rings (SSSR count). The van der Waals surface area contributed by atoms with Crippen molar-refractivity contribution in [3.63, 3.8) is 0 Å². The summed E-state index contributed by atoms with van der Waals surface area (Å²) in [5.41, 5.74) is 13.0. The highest BCUT2D eigenvalue weighted by molar-refractivity contribution is 6.83. The Morgan fingerprint density at radius 3 is 1.24 bits per heavy atom. The van der Waals surface area contributed by atoms with Gasteiger partial charge >= 0.3 is 0 Å². The van der Waals surface area contributed by atoms with E-state index in [1.165, 1.54) is 22.3 Å². The minimum absolute atomic E-state index is 0.594. The van der Waals surface area contributed by atoms with E-state index < -0.39 is 8.07 Å². The van der Waals surface area contributed by atoms with Crippen LogP contribution < -0.4 is 0 Å². The molecule has 0 heterocycles. The van der Waals surface area contributed by atoms with Crippen molar-refractivity contribution in [1.29, 1.82) is 0 Å². The molecular weight excluding hydrogens is 364 g/mol. The van der Waals surface area contributed by atoms with E-state index in [0.717, 1.165) is 0 Å². The molecule has 0 aromatic heterocycles. The summed E-state index contributed by atoms with van der Waals surface area (Å²) in [5.74, 6) is 0. The molecule has 2 unspecified atom stereocenters. The molecule has 2 atom stereocenters. The Labute approximate surface area is 177 Å². The lowest BCUT2D eigenvalue weighted by atomic mass is 10.0. The van der Waals surface area contributed by atoms with E-state index >= 15 is 0 Å². The zero-order valence-corrected chi connectivity index (χ0v) is 19.6. The lowest BCUT2D eigenvalue weighted by molar-refractivity contribution is 0.986. The fraction of sp³-hybridized carbons (Fsp3) is 0.286. The maximum absolute atomic E-state index is 2.60. The highest BCUT2D eigenvalue weighted by atomic mass is 28.3. The van der Waals surface area contributed by atoms with Gasteiger partial charge in [-0.1, -0.05) is 108 Å². The van der Waals surface area contributed by atoms with Crippen molar-refractivity contribution in [2.45, 2.75) is 51.9 Å². The van der Waals surface area contributed by atoms with Gasteiger partial charge in [0.2, 0.25) is 0 Å². The number of allylic oxidation sites excluding steroid dienone is 8. The number of hydrogen-bond acceptors (Lipinski definition) is 0. The number of benzene rings is 2. The topological polar surface area (TPSA) is 0 Å². The van der Waals surface area contributed by atoms with Crippen LogP contribution in [0.15, 0.2) is 95.1 Å². The van der Waals surface area contributed by atoms with Gasteiger partial charge in [-0.3, -0.25) is 0 Å². The van der Waals surface area contributed by atoms with Crippen molar-refractivity contribution in [1.82, 2.24) is 0 Å². The van der Waals surface area contributed by atoms with E-state index in [-0.39, 0.29) is 0 Å². The number of hydrogen-bond donors (Lipinski definition) is 0. The molecule has 0 radical (unpaired) electrons. The van der Waals surface area contributed by atoms with Crippen LogP contribution in [-0.2, 0) is 0 Å². The van der Waals surface area contributed by atoms with E-state index in [2.05, 4.69) is 114 Å². The van der Waals surface area contributed by atoms with Crippen LogP contribution >= 0.6 is 0 Å². The van der Waals surface area contributed by atoms with Crippen LogP contribution in [0, 0.1) is 0 Å². The maximum Gasteiger partial charge on any atom is 0.0713 e. The van der Waals surface area contributed by atoms with E-state index in [0.29, 0.717) is 11.1 Å². The zero-order chi connectivity index (χ0) is 20.8. The van der Waals surface area contributed by atoms with E-state index in [9.17, 15) is 0 Å². The minimum Gasteiger partial charge on any atom is -0.0682 e. The summed E-state index contributed by atoms with van der Waals surface area (Å²) < 4.78 is 0. The summed E-state index contributed by atoms with van der Waals surface area (Å²) in [4.78, 5) is 0. The van der Waals surface area contributed by atoms with Gasteiger partial charge in [0.25, 0.3) is 0 Å². The van der Waals surface area contributed by atoms with Crippen LogP contribution in [0.1, 0.15) is 38.8 Å². The van der Waals surface area contributed by atoms with Crippen molar-refractivity contribution in [3.8, 4) is 0 Å². The molecule has 0 aliphatic heterocycles. The number of rotatable bonds is 4. The maximum atomic E-state index is 2.60. The van der Waals surface area contributed by atoms with E-state index in [4.69, 9.17) is 0 Å². The predicted molar refractivity (Wildman–Crippen MR) is 131 cm³/mol. The van der Waals surface area contributed by atoms with Crippen molar-refractivity contribution in [3.05, 3.63) is 106 Å². The smallest absolute Gasteiger partial charge is 0.0682 e. The van der Waals surface area contributed by atoms with Crippen molar-refractivity contribution < 1.29 is 0 Å². The molecule has 0 spiro atoms. The summed E-state index contributed by atoms with van der Waals surface area (Å²) in [6.45, 7) is 14.7. The second kappa shape index (κ2) is 7.46. The Hall–Kier alpha value is -2.38. The van der Waals surface area contributed by atoms with Crippen LogP contribution in [0.4, 0.5) is 0 Å². The summed E-state index contributed by atoms with van der Waals surface area (Å²) in [7, 11) is -1.69. The largest absolute Gasteiger partial charge is 0.0713 e. The van der Waals surface area contributed by atoms with Gasteiger partial charge < -0.3 is 0 Å². The van der Waals surface area contributed by atoms with Crippen LogP contribution in [0.25, 0.3) is 11.1 Å².